The molecule has 3 nitrogen and oxygen atoms in total. The summed E-state index contributed by atoms with van der Waals surface area (Å²) in [7, 11) is 0. The fourth-order valence-electron chi connectivity index (χ4n) is 1.38. The minimum absolute atomic E-state index is 0.0509. The molecule has 1 N–H and O–H groups in total. The van der Waals surface area contributed by atoms with Crippen molar-refractivity contribution in [1.29, 1.82) is 0 Å². The second kappa shape index (κ2) is 4.77. The molecule has 0 atom stereocenters. The van der Waals surface area contributed by atoms with Crippen molar-refractivity contribution >= 4 is 0 Å². The Balaban J connectivity index is 2.14. The van der Waals surface area contributed by atoms with Gasteiger partial charge >= 0.3 is 0 Å². The molecule has 0 bridgehead atoms. The van der Waals surface area contributed by atoms with E-state index < -0.39 is 0 Å². The Kier molecular flexibility index (Phi) is 3.17. The molecule has 16 heavy (non-hydrogen) atoms. The van der Waals surface area contributed by atoms with E-state index in [9.17, 15) is 0 Å². The fourth-order valence-corrected chi connectivity index (χ4v) is 1.38. The molecule has 1 aromatic heterocycles. The number of nitrogens with zero attached hydrogens (tertiary/aromatic N) is 1. The lowest BCUT2D eigenvalue weighted by Gasteiger charge is -2.06. The van der Waals surface area contributed by atoms with Crippen LogP contribution in [0.5, 0.6) is 11.5 Å². The van der Waals surface area contributed by atoms with Gasteiger partial charge in [-0.15, -0.1) is 0 Å². The lowest BCUT2D eigenvalue weighted by atomic mass is 10.2. The van der Waals surface area contributed by atoms with E-state index in [4.69, 9.17) is 9.84 Å². The van der Waals surface area contributed by atoms with Crippen molar-refractivity contribution in [3.63, 3.8) is 0 Å². The third-order valence-electron chi connectivity index (χ3n) is 2.18. The van der Waals surface area contributed by atoms with Gasteiger partial charge in [-0.25, -0.2) is 0 Å². The third kappa shape index (κ3) is 2.58. The number of rotatable bonds is 3. The highest BCUT2D eigenvalue weighted by Gasteiger charge is 1.98. The Labute approximate surface area is 94.3 Å². The molecule has 1 aromatic carbocycles. The largest absolute Gasteiger partial charge is 0.456 e. The van der Waals surface area contributed by atoms with Gasteiger partial charge in [-0.3, -0.25) is 4.98 Å². The summed E-state index contributed by atoms with van der Waals surface area (Å²) in [6.07, 6.45) is 1.61. The molecule has 1 heterocycles. The third-order valence-corrected chi connectivity index (χ3v) is 2.18. The van der Waals surface area contributed by atoms with E-state index in [2.05, 4.69) is 4.98 Å². The van der Waals surface area contributed by atoms with Crippen LogP contribution in [0.25, 0.3) is 0 Å². The number of aliphatic hydroxyl groups excluding tert-OH is 1. The van der Waals surface area contributed by atoms with E-state index in [0.29, 0.717) is 11.4 Å². The van der Waals surface area contributed by atoms with Crippen molar-refractivity contribution in [3.05, 3.63) is 53.9 Å². The smallest absolute Gasteiger partial charge is 0.145 e. The Morgan fingerprint density at radius 2 is 2.06 bits per heavy atom. The van der Waals surface area contributed by atoms with Crippen LogP contribution in [-0.4, -0.2) is 10.1 Å². The monoisotopic (exact) mass is 215 g/mol. The first kappa shape index (κ1) is 10.6. The number of aryl methyl sites for hydroxylation is 1. The summed E-state index contributed by atoms with van der Waals surface area (Å²) in [6.45, 7) is 1.96. The average Bonchev–Trinajstić information content (AvgIpc) is 2.30. The van der Waals surface area contributed by atoms with Crippen molar-refractivity contribution < 1.29 is 9.84 Å². The summed E-state index contributed by atoms with van der Waals surface area (Å²) >= 11 is 0. The lowest BCUT2D eigenvalue weighted by molar-refractivity contribution is 0.276. The van der Waals surface area contributed by atoms with Crippen LogP contribution in [0, 0.1) is 6.92 Å². The molecule has 0 radical (unpaired) electrons. The van der Waals surface area contributed by atoms with Crippen LogP contribution in [0.15, 0.2) is 42.6 Å². The fraction of sp³-hybridized carbons (Fsp3) is 0.154. The molecule has 2 rings (SSSR count). The van der Waals surface area contributed by atoms with E-state index in [0.717, 1.165) is 11.3 Å². The molecule has 0 saturated carbocycles. The summed E-state index contributed by atoms with van der Waals surface area (Å²) in [6, 6.07) is 11.3. The Morgan fingerprint density at radius 1 is 1.19 bits per heavy atom. The molecular formula is C13H13NO2. The summed E-state index contributed by atoms with van der Waals surface area (Å²) in [4.78, 5) is 4.04. The molecule has 3 heteroatoms. The zero-order valence-corrected chi connectivity index (χ0v) is 9.05. The number of aliphatic hydroxyl groups is 1. The van der Waals surface area contributed by atoms with Gasteiger partial charge in [0.25, 0.3) is 0 Å². The highest BCUT2D eigenvalue weighted by atomic mass is 16.5. The van der Waals surface area contributed by atoms with Crippen molar-refractivity contribution in [1.82, 2.24) is 4.98 Å². The molecule has 0 spiro atoms. The molecule has 0 aliphatic rings. The van der Waals surface area contributed by atoms with Crippen LogP contribution in [0.2, 0.25) is 0 Å². The van der Waals surface area contributed by atoms with Crippen LogP contribution >= 0.6 is 0 Å². The quantitative estimate of drug-likeness (QED) is 0.855. The van der Waals surface area contributed by atoms with E-state index in [1.807, 2.05) is 31.2 Å². The SMILES string of the molecule is Cc1cccc(Oc2ccc(CO)nc2)c1. The van der Waals surface area contributed by atoms with Gasteiger partial charge in [0.15, 0.2) is 0 Å². The van der Waals surface area contributed by atoms with E-state index in [-0.39, 0.29) is 6.61 Å². The molecule has 0 fully saturated rings. The summed E-state index contributed by atoms with van der Waals surface area (Å²) in [5, 5.41) is 8.85. The molecule has 82 valence electrons. The first-order valence-corrected chi connectivity index (χ1v) is 5.08. The average molecular weight is 215 g/mol. The summed E-state index contributed by atoms with van der Waals surface area (Å²) in [5.74, 6) is 1.46. The van der Waals surface area contributed by atoms with Crippen LogP contribution < -0.4 is 4.74 Å². The van der Waals surface area contributed by atoms with Gasteiger partial charge < -0.3 is 9.84 Å². The standard InChI is InChI=1S/C13H13NO2/c1-10-3-2-4-12(7-10)16-13-6-5-11(9-15)14-8-13/h2-8,15H,9H2,1H3. The first-order chi connectivity index (χ1) is 7.78. The predicted molar refractivity (Wildman–Crippen MR) is 61.4 cm³/mol. The summed E-state index contributed by atoms with van der Waals surface area (Å²) in [5.41, 5.74) is 1.79. The predicted octanol–water partition coefficient (Wildman–Crippen LogP) is 2.67. The van der Waals surface area contributed by atoms with Gasteiger partial charge in [0.1, 0.15) is 11.5 Å². The van der Waals surface area contributed by atoms with Crippen molar-refractivity contribution in [2.24, 2.45) is 0 Å². The van der Waals surface area contributed by atoms with Gasteiger partial charge in [-0.05, 0) is 36.8 Å². The van der Waals surface area contributed by atoms with Gasteiger partial charge in [-0.2, -0.15) is 0 Å². The van der Waals surface area contributed by atoms with Gasteiger partial charge in [0, 0.05) is 0 Å². The van der Waals surface area contributed by atoms with Gasteiger partial charge in [-0.1, -0.05) is 12.1 Å². The summed E-state index contributed by atoms with van der Waals surface area (Å²) < 4.78 is 5.61. The molecule has 0 saturated heterocycles. The Morgan fingerprint density at radius 3 is 2.69 bits per heavy atom. The lowest BCUT2D eigenvalue weighted by Crippen LogP contribution is -1.90. The van der Waals surface area contributed by atoms with Crippen LogP contribution in [-0.2, 0) is 6.61 Å². The molecule has 0 aliphatic heterocycles. The maximum absolute atomic E-state index is 8.85. The van der Waals surface area contributed by atoms with Gasteiger partial charge in [0.2, 0.25) is 0 Å². The van der Waals surface area contributed by atoms with Crippen LogP contribution in [0.1, 0.15) is 11.3 Å². The number of benzene rings is 1. The van der Waals surface area contributed by atoms with E-state index >= 15 is 0 Å². The molecule has 0 unspecified atom stereocenters. The molecule has 0 amide bonds. The van der Waals surface area contributed by atoms with Crippen LogP contribution in [0.4, 0.5) is 0 Å². The Bertz CT molecular complexity index is 466. The van der Waals surface area contributed by atoms with E-state index in [1.54, 1.807) is 18.3 Å². The normalized spacial score (nSPS) is 10.1. The molecular weight excluding hydrogens is 202 g/mol. The highest BCUT2D eigenvalue weighted by molar-refractivity contribution is 5.32. The van der Waals surface area contributed by atoms with Crippen LogP contribution in [0.3, 0.4) is 0 Å². The zero-order valence-electron chi connectivity index (χ0n) is 9.05. The van der Waals surface area contributed by atoms with E-state index in [1.165, 1.54) is 0 Å². The van der Waals surface area contributed by atoms with Gasteiger partial charge in [0.05, 0.1) is 18.5 Å². The second-order valence-electron chi connectivity index (χ2n) is 3.56. The maximum atomic E-state index is 8.85. The number of ether oxygens (including phenoxy) is 1. The Hall–Kier alpha value is -1.87. The number of aromatic nitrogens is 1. The zero-order chi connectivity index (χ0) is 11.4. The second-order valence-corrected chi connectivity index (χ2v) is 3.56. The number of pyridine rings is 1. The molecule has 0 aliphatic carbocycles. The minimum atomic E-state index is -0.0509. The minimum Gasteiger partial charge on any atom is -0.456 e. The van der Waals surface area contributed by atoms with Crippen molar-refractivity contribution in [2.45, 2.75) is 13.5 Å². The highest BCUT2D eigenvalue weighted by Crippen LogP contribution is 2.21. The number of hydrogen-bond acceptors (Lipinski definition) is 3. The molecule has 2 aromatic rings. The topological polar surface area (TPSA) is 42.4 Å². The van der Waals surface area contributed by atoms with Crippen molar-refractivity contribution in [2.75, 3.05) is 0 Å². The maximum Gasteiger partial charge on any atom is 0.145 e. The van der Waals surface area contributed by atoms with Crippen molar-refractivity contribution in [3.8, 4) is 11.5 Å². The first-order valence-electron chi connectivity index (χ1n) is 5.08. The number of hydrogen-bond donors (Lipinski definition) is 1.